The Morgan fingerprint density at radius 3 is 2.71 bits per heavy atom. The van der Waals surface area contributed by atoms with Crippen molar-refractivity contribution in [3.63, 3.8) is 0 Å². The summed E-state index contributed by atoms with van der Waals surface area (Å²) in [6.45, 7) is 5.79. The quantitative estimate of drug-likeness (QED) is 0.771. The molecule has 0 bridgehead atoms. The van der Waals surface area contributed by atoms with Crippen LogP contribution in [0, 0.1) is 5.92 Å². The average molecular weight is 254 g/mol. The molecule has 2 N–H and O–H groups in total. The third-order valence-electron chi connectivity index (χ3n) is 2.94. The fraction of sp³-hybridized carbons (Fsp3) is 0.615. The lowest BCUT2D eigenvalue weighted by molar-refractivity contribution is 0.238. The second-order valence-corrected chi connectivity index (χ2v) is 5.18. The molecule has 1 aromatic rings. The van der Waals surface area contributed by atoms with E-state index in [1.54, 1.807) is 11.3 Å². The van der Waals surface area contributed by atoms with Crippen LogP contribution in [0.5, 0.6) is 0 Å². The molecule has 0 aromatic carbocycles. The first-order valence-electron chi connectivity index (χ1n) is 6.30. The van der Waals surface area contributed by atoms with Crippen LogP contribution in [0.3, 0.4) is 0 Å². The summed E-state index contributed by atoms with van der Waals surface area (Å²) in [7, 11) is 0. The lowest BCUT2D eigenvalue weighted by atomic mass is 10.0. The second kappa shape index (κ2) is 8.12. The van der Waals surface area contributed by atoms with E-state index < -0.39 is 0 Å². The van der Waals surface area contributed by atoms with Crippen LogP contribution in [0.25, 0.3) is 0 Å². The topological polar surface area (TPSA) is 41.1 Å². The summed E-state index contributed by atoms with van der Waals surface area (Å²) in [5, 5.41) is 7.86. The van der Waals surface area contributed by atoms with Gasteiger partial charge in [0.25, 0.3) is 0 Å². The lowest BCUT2D eigenvalue weighted by Gasteiger charge is -2.13. The Labute approximate surface area is 108 Å². The zero-order valence-electron chi connectivity index (χ0n) is 10.7. The Bertz CT molecular complexity index is 307. The van der Waals surface area contributed by atoms with Crippen LogP contribution in [-0.4, -0.2) is 19.1 Å². The third kappa shape index (κ3) is 5.73. The van der Waals surface area contributed by atoms with Gasteiger partial charge >= 0.3 is 6.03 Å². The maximum absolute atomic E-state index is 11.5. The molecular formula is C13H22N2OS. The Morgan fingerprint density at radius 1 is 1.35 bits per heavy atom. The van der Waals surface area contributed by atoms with Crippen molar-refractivity contribution in [3.8, 4) is 0 Å². The monoisotopic (exact) mass is 254 g/mol. The lowest BCUT2D eigenvalue weighted by Crippen LogP contribution is -2.38. The number of amides is 2. The molecular weight excluding hydrogens is 232 g/mol. The molecule has 2 amide bonds. The van der Waals surface area contributed by atoms with Crippen molar-refractivity contribution < 1.29 is 4.79 Å². The summed E-state index contributed by atoms with van der Waals surface area (Å²) in [6, 6.07) is 4.08. The van der Waals surface area contributed by atoms with Gasteiger partial charge in [0.15, 0.2) is 0 Å². The molecule has 1 aromatic heterocycles. The summed E-state index contributed by atoms with van der Waals surface area (Å²) < 4.78 is 0. The Kier molecular flexibility index (Phi) is 6.70. The van der Waals surface area contributed by atoms with Crippen molar-refractivity contribution in [2.45, 2.75) is 33.1 Å². The van der Waals surface area contributed by atoms with Crippen molar-refractivity contribution in [1.82, 2.24) is 10.6 Å². The Hall–Kier alpha value is -1.03. The summed E-state index contributed by atoms with van der Waals surface area (Å²) >= 11 is 1.73. The highest BCUT2D eigenvalue weighted by molar-refractivity contribution is 7.09. The predicted molar refractivity (Wildman–Crippen MR) is 73.5 cm³/mol. The largest absolute Gasteiger partial charge is 0.338 e. The van der Waals surface area contributed by atoms with Gasteiger partial charge < -0.3 is 10.6 Å². The van der Waals surface area contributed by atoms with E-state index in [1.165, 1.54) is 4.88 Å². The molecule has 96 valence electrons. The predicted octanol–water partition coefficient (Wildman–Crippen LogP) is 3.03. The van der Waals surface area contributed by atoms with Crippen LogP contribution in [0.2, 0.25) is 0 Å². The number of rotatable bonds is 7. The van der Waals surface area contributed by atoms with Gasteiger partial charge in [0, 0.05) is 18.0 Å². The number of carbonyl (C=O) groups is 1. The molecule has 0 aliphatic carbocycles. The van der Waals surface area contributed by atoms with E-state index in [4.69, 9.17) is 0 Å². The first-order valence-corrected chi connectivity index (χ1v) is 7.18. The first-order chi connectivity index (χ1) is 8.26. The number of nitrogens with one attached hydrogen (secondary N) is 2. The van der Waals surface area contributed by atoms with Gasteiger partial charge in [0.05, 0.1) is 0 Å². The molecule has 0 aliphatic rings. The van der Waals surface area contributed by atoms with Gasteiger partial charge in [0.2, 0.25) is 0 Å². The smallest absolute Gasteiger partial charge is 0.314 e. The second-order valence-electron chi connectivity index (χ2n) is 4.15. The van der Waals surface area contributed by atoms with Gasteiger partial charge in [-0.2, -0.15) is 0 Å². The summed E-state index contributed by atoms with van der Waals surface area (Å²) in [6.07, 6.45) is 3.15. The van der Waals surface area contributed by atoms with Gasteiger partial charge in [-0.25, -0.2) is 4.79 Å². The molecule has 0 fully saturated rings. The summed E-state index contributed by atoms with van der Waals surface area (Å²) in [4.78, 5) is 12.8. The highest BCUT2D eigenvalue weighted by atomic mass is 32.1. The van der Waals surface area contributed by atoms with Crippen LogP contribution in [0.4, 0.5) is 4.79 Å². The van der Waals surface area contributed by atoms with Crippen molar-refractivity contribution in [2.75, 3.05) is 13.1 Å². The normalized spacial score (nSPS) is 10.5. The van der Waals surface area contributed by atoms with E-state index in [0.717, 1.165) is 25.8 Å². The summed E-state index contributed by atoms with van der Waals surface area (Å²) in [5.41, 5.74) is 0. The molecule has 0 saturated carbocycles. The minimum absolute atomic E-state index is 0.0477. The molecule has 1 rings (SSSR count). The van der Waals surface area contributed by atoms with E-state index in [9.17, 15) is 4.79 Å². The number of hydrogen-bond donors (Lipinski definition) is 2. The zero-order chi connectivity index (χ0) is 12.5. The SMILES string of the molecule is CCC(CC)CNC(=O)NCCc1cccs1. The van der Waals surface area contributed by atoms with Gasteiger partial charge in [0.1, 0.15) is 0 Å². The van der Waals surface area contributed by atoms with Crippen LogP contribution < -0.4 is 10.6 Å². The van der Waals surface area contributed by atoms with Crippen LogP contribution >= 0.6 is 11.3 Å². The van der Waals surface area contributed by atoms with Gasteiger partial charge in [-0.15, -0.1) is 11.3 Å². The average Bonchev–Trinajstić information content (AvgIpc) is 2.83. The van der Waals surface area contributed by atoms with Crippen molar-refractivity contribution in [3.05, 3.63) is 22.4 Å². The molecule has 0 unspecified atom stereocenters. The van der Waals surface area contributed by atoms with E-state index in [0.29, 0.717) is 12.5 Å². The number of urea groups is 1. The van der Waals surface area contributed by atoms with Gasteiger partial charge in [-0.1, -0.05) is 32.8 Å². The van der Waals surface area contributed by atoms with Crippen molar-refractivity contribution in [2.24, 2.45) is 5.92 Å². The van der Waals surface area contributed by atoms with E-state index >= 15 is 0 Å². The van der Waals surface area contributed by atoms with Gasteiger partial charge in [-0.05, 0) is 23.8 Å². The molecule has 17 heavy (non-hydrogen) atoms. The maximum atomic E-state index is 11.5. The summed E-state index contributed by atoms with van der Waals surface area (Å²) in [5.74, 6) is 0.595. The molecule has 3 nitrogen and oxygen atoms in total. The molecule has 0 atom stereocenters. The standard InChI is InChI=1S/C13H22N2OS/c1-3-11(4-2)10-15-13(16)14-8-7-12-6-5-9-17-12/h5-6,9,11H,3-4,7-8,10H2,1-2H3,(H2,14,15,16). The fourth-order valence-corrected chi connectivity index (χ4v) is 2.34. The van der Waals surface area contributed by atoms with Crippen LogP contribution in [0.1, 0.15) is 31.6 Å². The molecule has 0 aliphatic heterocycles. The minimum atomic E-state index is -0.0477. The molecule has 0 spiro atoms. The number of carbonyl (C=O) groups excluding carboxylic acids is 1. The molecule has 4 heteroatoms. The highest BCUT2D eigenvalue weighted by Crippen LogP contribution is 2.08. The Balaban J connectivity index is 2.09. The van der Waals surface area contributed by atoms with Crippen molar-refractivity contribution in [1.29, 1.82) is 0 Å². The molecule has 1 heterocycles. The number of hydrogen-bond acceptors (Lipinski definition) is 2. The fourth-order valence-electron chi connectivity index (χ4n) is 1.63. The van der Waals surface area contributed by atoms with E-state index in [-0.39, 0.29) is 6.03 Å². The van der Waals surface area contributed by atoms with E-state index in [2.05, 4.69) is 35.9 Å². The van der Waals surface area contributed by atoms with Crippen LogP contribution in [-0.2, 0) is 6.42 Å². The first kappa shape index (κ1) is 14.0. The maximum Gasteiger partial charge on any atom is 0.314 e. The van der Waals surface area contributed by atoms with Crippen molar-refractivity contribution >= 4 is 17.4 Å². The molecule has 0 radical (unpaired) electrons. The van der Waals surface area contributed by atoms with Gasteiger partial charge in [-0.3, -0.25) is 0 Å². The van der Waals surface area contributed by atoms with Crippen LogP contribution in [0.15, 0.2) is 17.5 Å². The molecule has 0 saturated heterocycles. The highest BCUT2D eigenvalue weighted by Gasteiger charge is 2.05. The zero-order valence-corrected chi connectivity index (χ0v) is 11.5. The Morgan fingerprint density at radius 2 is 2.12 bits per heavy atom. The van der Waals surface area contributed by atoms with E-state index in [1.807, 2.05) is 6.07 Å². The number of thiophene rings is 1. The third-order valence-corrected chi connectivity index (χ3v) is 3.88. The minimum Gasteiger partial charge on any atom is -0.338 e.